The fourth-order valence-electron chi connectivity index (χ4n) is 3.27. The van der Waals surface area contributed by atoms with Gasteiger partial charge in [0.1, 0.15) is 0 Å². The van der Waals surface area contributed by atoms with Crippen molar-refractivity contribution in [1.82, 2.24) is 10.2 Å². The van der Waals surface area contributed by atoms with Gasteiger partial charge in [-0.25, -0.2) is 0 Å². The molecule has 2 amide bonds. The molecule has 3 N–H and O–H groups in total. The summed E-state index contributed by atoms with van der Waals surface area (Å²) < 4.78 is 0. The van der Waals surface area contributed by atoms with Crippen LogP contribution < -0.4 is 11.1 Å². The van der Waals surface area contributed by atoms with E-state index in [-0.39, 0.29) is 23.8 Å². The number of hydrogen-bond donors (Lipinski definition) is 2. The molecule has 1 aliphatic heterocycles. The summed E-state index contributed by atoms with van der Waals surface area (Å²) >= 11 is 0. The van der Waals surface area contributed by atoms with Crippen molar-refractivity contribution in [3.63, 3.8) is 0 Å². The van der Waals surface area contributed by atoms with Gasteiger partial charge in [0.15, 0.2) is 0 Å². The third-order valence-corrected chi connectivity index (χ3v) is 4.67. The van der Waals surface area contributed by atoms with Gasteiger partial charge in [0.25, 0.3) is 0 Å². The molecule has 5 nitrogen and oxygen atoms in total. The Labute approximate surface area is 121 Å². The number of likely N-dealkylation sites (tertiary alicyclic amines) is 1. The van der Waals surface area contributed by atoms with Crippen LogP contribution in [0.25, 0.3) is 0 Å². The molecule has 2 aliphatic rings. The van der Waals surface area contributed by atoms with Gasteiger partial charge in [-0.05, 0) is 38.0 Å². The average Bonchev–Trinajstić information content (AvgIpc) is 2.95. The van der Waals surface area contributed by atoms with Gasteiger partial charge < -0.3 is 16.0 Å². The largest absolute Gasteiger partial charge is 0.355 e. The van der Waals surface area contributed by atoms with Crippen molar-refractivity contribution in [3.8, 4) is 0 Å². The molecule has 20 heavy (non-hydrogen) atoms. The highest BCUT2D eigenvalue weighted by atomic mass is 16.2. The third-order valence-electron chi connectivity index (χ3n) is 4.67. The number of hydrogen-bond acceptors (Lipinski definition) is 3. The normalized spacial score (nSPS) is 30.3. The first-order chi connectivity index (χ1) is 9.58. The Hall–Kier alpha value is -1.10. The summed E-state index contributed by atoms with van der Waals surface area (Å²) in [4.78, 5) is 25.9. The first-order valence-electron chi connectivity index (χ1n) is 7.89. The minimum Gasteiger partial charge on any atom is -0.355 e. The van der Waals surface area contributed by atoms with E-state index in [4.69, 9.17) is 5.73 Å². The maximum absolute atomic E-state index is 12.2. The molecule has 1 aliphatic carbocycles. The van der Waals surface area contributed by atoms with E-state index in [0.29, 0.717) is 18.9 Å². The molecule has 2 fully saturated rings. The van der Waals surface area contributed by atoms with Crippen molar-refractivity contribution in [2.24, 2.45) is 17.6 Å². The number of carbonyl (C=O) groups excluding carboxylic acids is 2. The molecule has 0 aromatic carbocycles. The Balaban J connectivity index is 1.70. The molecule has 2 rings (SSSR count). The van der Waals surface area contributed by atoms with E-state index in [2.05, 4.69) is 12.2 Å². The molecular formula is C15H27N3O2. The summed E-state index contributed by atoms with van der Waals surface area (Å²) in [6.45, 7) is 4.32. The zero-order valence-corrected chi connectivity index (χ0v) is 12.4. The number of amides is 2. The maximum Gasteiger partial charge on any atom is 0.224 e. The Kier molecular flexibility index (Phi) is 5.40. The minimum absolute atomic E-state index is 0.0145. The van der Waals surface area contributed by atoms with E-state index >= 15 is 0 Å². The van der Waals surface area contributed by atoms with Gasteiger partial charge in [0.2, 0.25) is 11.8 Å². The fraction of sp³-hybridized carbons (Fsp3) is 0.867. The predicted octanol–water partition coefficient (Wildman–Crippen LogP) is 0.879. The van der Waals surface area contributed by atoms with E-state index in [1.165, 1.54) is 0 Å². The Bertz CT molecular complexity index is 353. The molecule has 0 spiro atoms. The lowest BCUT2D eigenvalue weighted by Crippen LogP contribution is -2.42. The third kappa shape index (κ3) is 3.95. The van der Waals surface area contributed by atoms with E-state index in [1.807, 2.05) is 4.90 Å². The van der Waals surface area contributed by atoms with Crippen LogP contribution in [0, 0.1) is 11.8 Å². The van der Waals surface area contributed by atoms with Gasteiger partial charge >= 0.3 is 0 Å². The summed E-state index contributed by atoms with van der Waals surface area (Å²) in [6.07, 6.45) is 5.43. The lowest BCUT2D eigenvalue weighted by Gasteiger charge is -2.31. The number of carbonyl (C=O) groups is 2. The standard InChI is InChI=1S/C15H27N3O2/c1-11-4-5-12(16)10-13(11)15(20)17-7-6-14(19)18-8-2-3-9-18/h11-13H,2-10,16H2,1H3,(H,17,20). The lowest BCUT2D eigenvalue weighted by atomic mass is 9.78. The van der Waals surface area contributed by atoms with Crippen molar-refractivity contribution < 1.29 is 9.59 Å². The second-order valence-corrected chi connectivity index (χ2v) is 6.29. The average molecular weight is 281 g/mol. The zero-order valence-electron chi connectivity index (χ0n) is 12.4. The van der Waals surface area contributed by atoms with E-state index in [9.17, 15) is 9.59 Å². The Morgan fingerprint density at radius 1 is 1.25 bits per heavy atom. The predicted molar refractivity (Wildman–Crippen MR) is 77.9 cm³/mol. The monoisotopic (exact) mass is 281 g/mol. The summed E-state index contributed by atoms with van der Waals surface area (Å²) in [6, 6.07) is 0.146. The minimum atomic E-state index is 0.0145. The van der Waals surface area contributed by atoms with Gasteiger partial charge in [0, 0.05) is 38.0 Å². The van der Waals surface area contributed by atoms with Gasteiger partial charge in [-0.3, -0.25) is 9.59 Å². The van der Waals surface area contributed by atoms with Gasteiger partial charge in [0.05, 0.1) is 0 Å². The van der Waals surface area contributed by atoms with Crippen LogP contribution in [0.3, 0.4) is 0 Å². The fourth-order valence-corrected chi connectivity index (χ4v) is 3.27. The highest BCUT2D eigenvalue weighted by molar-refractivity contribution is 5.81. The Morgan fingerprint density at radius 2 is 1.95 bits per heavy atom. The van der Waals surface area contributed by atoms with Crippen LogP contribution >= 0.6 is 0 Å². The molecule has 0 aromatic rings. The van der Waals surface area contributed by atoms with E-state index in [1.54, 1.807) is 0 Å². The molecule has 5 heteroatoms. The van der Waals surface area contributed by atoms with Crippen LogP contribution in [0.5, 0.6) is 0 Å². The van der Waals surface area contributed by atoms with Crippen molar-refractivity contribution >= 4 is 11.8 Å². The molecule has 1 saturated heterocycles. The lowest BCUT2D eigenvalue weighted by molar-refractivity contribution is -0.130. The van der Waals surface area contributed by atoms with Crippen molar-refractivity contribution in [2.75, 3.05) is 19.6 Å². The van der Waals surface area contributed by atoms with Crippen molar-refractivity contribution in [1.29, 1.82) is 0 Å². The topological polar surface area (TPSA) is 75.4 Å². The van der Waals surface area contributed by atoms with Crippen LogP contribution in [-0.2, 0) is 9.59 Å². The first-order valence-corrected chi connectivity index (χ1v) is 7.89. The molecular weight excluding hydrogens is 254 g/mol. The first kappa shape index (κ1) is 15.3. The second kappa shape index (κ2) is 7.07. The molecule has 1 heterocycles. The van der Waals surface area contributed by atoms with Gasteiger partial charge in [-0.2, -0.15) is 0 Å². The van der Waals surface area contributed by atoms with Crippen LogP contribution in [0.2, 0.25) is 0 Å². The number of rotatable bonds is 4. The molecule has 0 bridgehead atoms. The number of nitrogens with two attached hydrogens (primary N) is 1. The molecule has 1 saturated carbocycles. The number of nitrogens with one attached hydrogen (secondary N) is 1. The van der Waals surface area contributed by atoms with Crippen LogP contribution in [-0.4, -0.2) is 42.4 Å². The Morgan fingerprint density at radius 3 is 2.65 bits per heavy atom. The quantitative estimate of drug-likeness (QED) is 0.803. The smallest absolute Gasteiger partial charge is 0.224 e. The summed E-state index contributed by atoms with van der Waals surface area (Å²) in [5.74, 6) is 0.641. The zero-order chi connectivity index (χ0) is 14.5. The molecule has 3 atom stereocenters. The van der Waals surface area contributed by atoms with E-state index in [0.717, 1.165) is 45.2 Å². The molecule has 0 radical (unpaired) electrons. The maximum atomic E-state index is 12.2. The second-order valence-electron chi connectivity index (χ2n) is 6.29. The van der Waals surface area contributed by atoms with Crippen LogP contribution in [0.4, 0.5) is 0 Å². The van der Waals surface area contributed by atoms with Crippen molar-refractivity contribution in [3.05, 3.63) is 0 Å². The molecule has 0 aromatic heterocycles. The number of nitrogens with zero attached hydrogens (tertiary/aromatic N) is 1. The van der Waals surface area contributed by atoms with E-state index < -0.39 is 0 Å². The SMILES string of the molecule is CC1CCC(N)CC1C(=O)NCCC(=O)N1CCCC1. The van der Waals surface area contributed by atoms with Crippen molar-refractivity contribution in [2.45, 2.75) is 51.5 Å². The molecule has 3 unspecified atom stereocenters. The van der Waals surface area contributed by atoms with Crippen LogP contribution in [0.15, 0.2) is 0 Å². The summed E-state index contributed by atoms with van der Waals surface area (Å²) in [7, 11) is 0. The highest BCUT2D eigenvalue weighted by Crippen LogP contribution is 2.29. The van der Waals surface area contributed by atoms with Gasteiger partial charge in [-0.15, -0.1) is 0 Å². The highest BCUT2D eigenvalue weighted by Gasteiger charge is 2.31. The summed E-state index contributed by atoms with van der Waals surface area (Å²) in [5.41, 5.74) is 5.94. The van der Waals surface area contributed by atoms with Gasteiger partial charge in [-0.1, -0.05) is 6.92 Å². The summed E-state index contributed by atoms with van der Waals surface area (Å²) in [5, 5.41) is 2.92. The van der Waals surface area contributed by atoms with Crippen LogP contribution in [0.1, 0.15) is 45.4 Å². The molecule has 114 valence electrons.